The monoisotopic (exact) mass is 566 g/mol. The molecule has 1 aliphatic heterocycles. The molecule has 0 radical (unpaired) electrons. The van der Waals surface area contributed by atoms with Gasteiger partial charge in [0.15, 0.2) is 0 Å². The van der Waals surface area contributed by atoms with E-state index in [-0.39, 0.29) is 6.61 Å². The van der Waals surface area contributed by atoms with Crippen molar-refractivity contribution in [1.82, 2.24) is 20.7 Å². The summed E-state index contributed by atoms with van der Waals surface area (Å²) in [7, 11) is 0. The van der Waals surface area contributed by atoms with Gasteiger partial charge in [0.1, 0.15) is 23.8 Å². The van der Waals surface area contributed by atoms with Gasteiger partial charge in [-0.25, -0.2) is 19.4 Å². The van der Waals surface area contributed by atoms with Crippen LogP contribution < -0.4 is 16.5 Å². The van der Waals surface area contributed by atoms with E-state index in [0.717, 1.165) is 11.9 Å². The first-order chi connectivity index (χ1) is 19.2. The van der Waals surface area contributed by atoms with Gasteiger partial charge in [-0.3, -0.25) is 9.59 Å². The molecule has 3 rings (SSSR count). The second kappa shape index (κ2) is 12.5. The molecule has 13 nitrogen and oxygen atoms in total. The molecule has 1 saturated heterocycles. The Morgan fingerprint density at radius 1 is 1.12 bits per heavy atom. The zero-order valence-corrected chi connectivity index (χ0v) is 23.5. The standard InChI is InChI=1S/C28H34N6O7/c1-18(35)33(34-24(37)28(5,32-25(34)38)21-13-11-19(12-14-21)15-30-29)16-22(23(36)41-27(2,3)4)31-26(39)40-17-20-9-7-6-8-10-20/h6-15,22H,16-17,29H2,1-5H3,(H,31,39)(H,32,38)/t22-,28+/m0/s1. The van der Waals surface area contributed by atoms with Crippen molar-refractivity contribution >= 4 is 36.1 Å². The maximum atomic E-state index is 13.6. The van der Waals surface area contributed by atoms with Crippen LogP contribution in [0.15, 0.2) is 59.7 Å². The summed E-state index contributed by atoms with van der Waals surface area (Å²) < 4.78 is 10.7. The van der Waals surface area contributed by atoms with Gasteiger partial charge in [0.05, 0.1) is 12.8 Å². The van der Waals surface area contributed by atoms with Crippen molar-refractivity contribution in [3.8, 4) is 0 Å². The zero-order valence-electron chi connectivity index (χ0n) is 23.5. The van der Waals surface area contributed by atoms with Gasteiger partial charge in [-0.05, 0) is 44.4 Å². The van der Waals surface area contributed by atoms with Crippen LogP contribution in [0.3, 0.4) is 0 Å². The third kappa shape index (κ3) is 7.59. The normalized spacial score (nSPS) is 17.6. The highest BCUT2D eigenvalue weighted by atomic mass is 16.6. The number of nitrogens with one attached hydrogen (secondary N) is 2. The molecule has 218 valence electrons. The minimum atomic E-state index is -1.54. The predicted molar refractivity (Wildman–Crippen MR) is 148 cm³/mol. The molecule has 5 amide bonds. The lowest BCUT2D eigenvalue weighted by Crippen LogP contribution is -2.58. The second-order valence-electron chi connectivity index (χ2n) is 10.5. The Morgan fingerprint density at radius 3 is 2.32 bits per heavy atom. The lowest BCUT2D eigenvalue weighted by molar-refractivity contribution is -0.164. The van der Waals surface area contributed by atoms with E-state index in [1.165, 1.54) is 13.1 Å². The fraction of sp³-hybridized carbons (Fsp3) is 0.357. The number of urea groups is 1. The van der Waals surface area contributed by atoms with Crippen molar-refractivity contribution in [1.29, 1.82) is 0 Å². The number of benzene rings is 2. The number of nitrogens with two attached hydrogens (primary N) is 1. The van der Waals surface area contributed by atoms with Crippen LogP contribution >= 0.6 is 0 Å². The SMILES string of the molecule is CC(=O)N(C[C@H](NC(=O)OCc1ccccc1)C(=O)OC(C)(C)C)N1C(=O)N[C@](C)(c2ccc(C=NN)cc2)C1=O. The molecular weight excluding hydrogens is 532 g/mol. The Bertz CT molecular complexity index is 1320. The molecule has 0 aromatic heterocycles. The number of carbonyl (C=O) groups excluding carboxylic acids is 5. The third-order valence-corrected chi connectivity index (χ3v) is 6.04. The number of rotatable bonds is 9. The van der Waals surface area contributed by atoms with Crippen LogP contribution in [0.2, 0.25) is 0 Å². The summed E-state index contributed by atoms with van der Waals surface area (Å²) in [4.78, 5) is 65.2. The van der Waals surface area contributed by atoms with Crippen LogP contribution in [0, 0.1) is 0 Å². The van der Waals surface area contributed by atoms with Gasteiger partial charge in [-0.2, -0.15) is 10.1 Å². The fourth-order valence-electron chi connectivity index (χ4n) is 4.01. The highest BCUT2D eigenvalue weighted by Gasteiger charge is 2.52. The molecular formula is C28H34N6O7. The molecule has 4 N–H and O–H groups in total. The number of amides is 5. The fourth-order valence-corrected chi connectivity index (χ4v) is 4.01. The minimum absolute atomic E-state index is 0.0779. The molecule has 0 saturated carbocycles. The second-order valence-corrected chi connectivity index (χ2v) is 10.5. The number of alkyl carbamates (subject to hydrolysis) is 1. The molecule has 0 aliphatic carbocycles. The van der Waals surface area contributed by atoms with Crippen LogP contribution in [-0.2, 0) is 36.0 Å². The zero-order chi connectivity index (χ0) is 30.4. The van der Waals surface area contributed by atoms with Gasteiger partial charge in [0.2, 0.25) is 5.91 Å². The summed E-state index contributed by atoms with van der Waals surface area (Å²) in [5, 5.41) is 9.86. The number of imide groups is 1. The Hall–Kier alpha value is -4.94. The molecule has 2 atom stereocenters. The highest BCUT2D eigenvalue weighted by Crippen LogP contribution is 2.30. The first-order valence-corrected chi connectivity index (χ1v) is 12.7. The number of hydrazone groups is 1. The number of hydrogen-bond acceptors (Lipinski definition) is 9. The summed E-state index contributed by atoms with van der Waals surface area (Å²) >= 11 is 0. The van der Waals surface area contributed by atoms with Crippen molar-refractivity contribution in [2.45, 2.75) is 58.4 Å². The Balaban J connectivity index is 1.85. The average Bonchev–Trinajstić information content (AvgIpc) is 3.13. The minimum Gasteiger partial charge on any atom is -0.458 e. The van der Waals surface area contributed by atoms with Crippen LogP contribution in [0.25, 0.3) is 0 Å². The molecule has 41 heavy (non-hydrogen) atoms. The van der Waals surface area contributed by atoms with Crippen molar-refractivity contribution in [3.05, 3.63) is 71.3 Å². The van der Waals surface area contributed by atoms with E-state index in [1.807, 2.05) is 6.07 Å². The molecule has 1 aliphatic rings. The van der Waals surface area contributed by atoms with Crippen molar-refractivity contribution in [2.75, 3.05) is 6.54 Å². The molecule has 2 aromatic carbocycles. The molecule has 13 heteroatoms. The first kappa shape index (κ1) is 30.6. The summed E-state index contributed by atoms with van der Waals surface area (Å²) in [5.74, 6) is 2.78. The number of carbonyl (C=O) groups is 5. The number of nitrogens with zero attached hydrogens (tertiary/aromatic N) is 3. The maximum absolute atomic E-state index is 13.6. The number of hydrazine groups is 1. The Kier molecular flexibility index (Phi) is 9.32. The lowest BCUT2D eigenvalue weighted by Gasteiger charge is -2.32. The van der Waals surface area contributed by atoms with E-state index in [1.54, 1.807) is 69.3 Å². The number of ether oxygens (including phenoxy) is 2. The van der Waals surface area contributed by atoms with E-state index >= 15 is 0 Å². The largest absolute Gasteiger partial charge is 0.458 e. The van der Waals surface area contributed by atoms with Crippen LogP contribution in [0.4, 0.5) is 9.59 Å². The van der Waals surface area contributed by atoms with Crippen LogP contribution in [-0.4, -0.2) is 64.3 Å². The molecule has 0 spiro atoms. The van der Waals surface area contributed by atoms with E-state index in [9.17, 15) is 24.0 Å². The predicted octanol–water partition coefficient (Wildman–Crippen LogP) is 2.15. The summed E-state index contributed by atoms with van der Waals surface area (Å²) in [6.45, 7) is 6.83. The lowest BCUT2D eigenvalue weighted by atomic mass is 9.91. The number of hydrogen-bond donors (Lipinski definition) is 3. The summed E-state index contributed by atoms with van der Waals surface area (Å²) in [6.07, 6.45) is 0.455. The van der Waals surface area contributed by atoms with Crippen molar-refractivity contribution in [3.63, 3.8) is 0 Å². The number of esters is 1. The molecule has 0 unspecified atom stereocenters. The van der Waals surface area contributed by atoms with Gasteiger partial charge in [-0.15, -0.1) is 0 Å². The van der Waals surface area contributed by atoms with E-state index in [0.29, 0.717) is 21.7 Å². The van der Waals surface area contributed by atoms with Gasteiger partial charge in [-0.1, -0.05) is 54.6 Å². The van der Waals surface area contributed by atoms with Crippen LogP contribution in [0.1, 0.15) is 51.3 Å². The first-order valence-electron chi connectivity index (χ1n) is 12.7. The maximum Gasteiger partial charge on any atom is 0.408 e. The molecule has 2 aromatic rings. The smallest absolute Gasteiger partial charge is 0.408 e. The van der Waals surface area contributed by atoms with Crippen LogP contribution in [0.5, 0.6) is 0 Å². The Labute approximate surface area is 237 Å². The third-order valence-electron chi connectivity index (χ3n) is 6.04. The van der Waals surface area contributed by atoms with Gasteiger partial charge < -0.3 is 25.9 Å². The van der Waals surface area contributed by atoms with Gasteiger partial charge in [0, 0.05) is 6.92 Å². The summed E-state index contributed by atoms with van der Waals surface area (Å²) in [6, 6.07) is 13.0. The van der Waals surface area contributed by atoms with Crippen molar-refractivity contribution < 1.29 is 33.4 Å². The highest BCUT2D eigenvalue weighted by molar-refractivity contribution is 6.08. The molecule has 1 fully saturated rings. The van der Waals surface area contributed by atoms with Gasteiger partial charge in [0.25, 0.3) is 5.91 Å². The molecule has 1 heterocycles. The van der Waals surface area contributed by atoms with E-state index in [4.69, 9.17) is 15.3 Å². The van der Waals surface area contributed by atoms with E-state index < -0.39 is 53.6 Å². The topological polar surface area (TPSA) is 173 Å². The Morgan fingerprint density at radius 2 is 1.76 bits per heavy atom. The van der Waals surface area contributed by atoms with Gasteiger partial charge >= 0.3 is 18.1 Å². The van der Waals surface area contributed by atoms with E-state index in [2.05, 4.69) is 15.7 Å². The quantitative estimate of drug-likeness (QED) is 0.136. The summed E-state index contributed by atoms with van der Waals surface area (Å²) in [5.41, 5.74) is -0.658. The average molecular weight is 567 g/mol. The van der Waals surface area contributed by atoms with Crippen molar-refractivity contribution in [2.24, 2.45) is 10.9 Å². The molecule has 0 bridgehead atoms.